The maximum atomic E-state index is 13.5. The van der Waals surface area contributed by atoms with Crippen molar-refractivity contribution in [2.45, 2.75) is 31.1 Å². The van der Waals surface area contributed by atoms with E-state index in [1.165, 1.54) is 0 Å². The van der Waals surface area contributed by atoms with Gasteiger partial charge < -0.3 is 14.8 Å². The van der Waals surface area contributed by atoms with Crippen molar-refractivity contribution in [3.05, 3.63) is 48.0 Å². The fourth-order valence-electron chi connectivity index (χ4n) is 4.43. The molecule has 5 rings (SSSR count). The number of benzene rings is 2. The highest BCUT2D eigenvalue weighted by Gasteiger charge is 2.43. The Morgan fingerprint density at radius 3 is 2.63 bits per heavy atom. The van der Waals surface area contributed by atoms with Crippen LogP contribution < -0.4 is 14.8 Å². The normalized spacial score (nSPS) is 17.0. The number of amides is 1. The molecule has 0 unspecified atom stereocenters. The van der Waals surface area contributed by atoms with Crippen molar-refractivity contribution in [1.82, 2.24) is 20.2 Å². The molecule has 1 aliphatic carbocycles. The van der Waals surface area contributed by atoms with Crippen LogP contribution in [0.2, 0.25) is 0 Å². The number of carbonyl (C=O) groups is 1. The van der Waals surface area contributed by atoms with Crippen molar-refractivity contribution >= 4 is 11.6 Å². The Balaban J connectivity index is 1.45. The summed E-state index contributed by atoms with van der Waals surface area (Å²) >= 11 is 0. The Kier molecular flexibility index (Phi) is 4.61. The minimum Gasteiger partial charge on any atom is -0.486 e. The first-order chi connectivity index (χ1) is 14.7. The third kappa shape index (κ3) is 3.18. The van der Waals surface area contributed by atoms with Gasteiger partial charge in [0, 0.05) is 18.3 Å². The van der Waals surface area contributed by atoms with Gasteiger partial charge in [0.2, 0.25) is 5.91 Å². The lowest BCUT2D eigenvalue weighted by Gasteiger charge is -2.30. The fourth-order valence-corrected chi connectivity index (χ4v) is 4.43. The number of nitrogens with one attached hydrogen (secondary N) is 1. The number of hydrogen-bond donors (Lipinski definition) is 1. The van der Waals surface area contributed by atoms with Crippen LogP contribution in [-0.2, 0) is 17.3 Å². The van der Waals surface area contributed by atoms with E-state index in [1.54, 1.807) is 11.7 Å². The molecule has 0 saturated heterocycles. The number of fused-ring (bicyclic) bond motifs is 1. The number of tetrazole rings is 1. The average Bonchev–Trinajstić information content (AvgIpc) is 3.44. The Hall–Kier alpha value is -3.42. The molecule has 154 valence electrons. The second-order valence-electron chi connectivity index (χ2n) is 7.81. The van der Waals surface area contributed by atoms with E-state index in [2.05, 4.69) is 20.8 Å². The van der Waals surface area contributed by atoms with Crippen LogP contribution in [0.3, 0.4) is 0 Å². The van der Waals surface area contributed by atoms with Crippen LogP contribution in [0.5, 0.6) is 11.5 Å². The zero-order valence-electron chi connectivity index (χ0n) is 16.8. The van der Waals surface area contributed by atoms with Crippen molar-refractivity contribution < 1.29 is 14.3 Å². The van der Waals surface area contributed by atoms with Gasteiger partial charge in [0.15, 0.2) is 17.3 Å². The van der Waals surface area contributed by atoms with E-state index in [-0.39, 0.29) is 5.91 Å². The molecule has 30 heavy (non-hydrogen) atoms. The number of hydrogen-bond acceptors (Lipinski definition) is 6. The lowest BCUT2D eigenvalue weighted by Crippen LogP contribution is -2.38. The van der Waals surface area contributed by atoms with E-state index in [4.69, 9.17) is 9.47 Å². The lowest BCUT2D eigenvalue weighted by atomic mass is 9.77. The highest BCUT2D eigenvalue weighted by Crippen LogP contribution is 2.45. The summed E-state index contributed by atoms with van der Waals surface area (Å²) in [6, 6.07) is 13.5. The molecule has 0 radical (unpaired) electrons. The summed E-state index contributed by atoms with van der Waals surface area (Å²) in [7, 11) is 1.79. The van der Waals surface area contributed by atoms with Crippen LogP contribution in [0.1, 0.15) is 31.2 Å². The third-order valence-electron chi connectivity index (χ3n) is 5.99. The molecule has 1 N–H and O–H groups in total. The summed E-state index contributed by atoms with van der Waals surface area (Å²) in [5.41, 5.74) is 1.98. The summed E-state index contributed by atoms with van der Waals surface area (Å²) in [4.78, 5) is 13.5. The van der Waals surface area contributed by atoms with Crippen molar-refractivity contribution in [3.8, 4) is 22.9 Å². The molecular formula is C22H23N5O3. The quantitative estimate of drug-likeness (QED) is 0.717. The van der Waals surface area contributed by atoms with Gasteiger partial charge in [-0.1, -0.05) is 31.0 Å². The first kappa shape index (κ1) is 18.6. The molecule has 3 aromatic rings. The first-order valence-corrected chi connectivity index (χ1v) is 10.2. The number of rotatable bonds is 4. The van der Waals surface area contributed by atoms with E-state index in [0.717, 1.165) is 54.0 Å². The van der Waals surface area contributed by atoms with Crippen molar-refractivity contribution in [1.29, 1.82) is 0 Å². The molecule has 8 nitrogen and oxygen atoms in total. The van der Waals surface area contributed by atoms with Gasteiger partial charge in [-0.2, -0.15) is 0 Å². The maximum absolute atomic E-state index is 13.5. The highest BCUT2D eigenvalue weighted by atomic mass is 16.6. The Bertz CT molecular complexity index is 1090. The van der Waals surface area contributed by atoms with E-state index >= 15 is 0 Å². The van der Waals surface area contributed by atoms with Crippen molar-refractivity contribution in [3.63, 3.8) is 0 Å². The Labute approximate surface area is 174 Å². The van der Waals surface area contributed by atoms with Gasteiger partial charge in [0.25, 0.3) is 0 Å². The lowest BCUT2D eigenvalue weighted by molar-refractivity contribution is -0.121. The fraction of sp³-hybridized carbons (Fsp3) is 0.364. The summed E-state index contributed by atoms with van der Waals surface area (Å²) in [6.45, 7) is 1.08. The van der Waals surface area contributed by atoms with E-state index in [1.807, 2.05) is 42.5 Å². The highest BCUT2D eigenvalue weighted by molar-refractivity contribution is 6.00. The number of nitrogens with zero attached hydrogens (tertiary/aromatic N) is 4. The molecule has 1 aromatic heterocycles. The van der Waals surface area contributed by atoms with Crippen LogP contribution in [0, 0.1) is 0 Å². The van der Waals surface area contributed by atoms with Gasteiger partial charge in [0.05, 0.1) is 5.41 Å². The van der Waals surface area contributed by atoms with E-state index in [0.29, 0.717) is 19.0 Å². The van der Waals surface area contributed by atoms with Crippen LogP contribution in [0.25, 0.3) is 11.4 Å². The van der Waals surface area contributed by atoms with Crippen molar-refractivity contribution in [2.24, 2.45) is 7.05 Å². The standard InChI is InChI=1S/C22H23N5O3/c1-27-20(24-25-26-27)15-5-4-6-17(13-15)23-21(28)22(9-2-3-10-22)16-7-8-18-19(14-16)30-12-11-29-18/h4-8,13-14H,2-3,9-12H2,1H3,(H,23,28). The minimum absolute atomic E-state index is 0.00455. The zero-order chi connectivity index (χ0) is 20.6. The van der Waals surface area contributed by atoms with Crippen LogP contribution in [0.15, 0.2) is 42.5 Å². The van der Waals surface area contributed by atoms with Gasteiger partial charge in [0.1, 0.15) is 13.2 Å². The third-order valence-corrected chi connectivity index (χ3v) is 5.99. The summed E-state index contributed by atoms with van der Waals surface area (Å²) in [5.74, 6) is 2.11. The molecule has 2 aliphatic rings. The molecular weight excluding hydrogens is 382 g/mol. The minimum atomic E-state index is -0.571. The second kappa shape index (κ2) is 7.44. The molecule has 0 bridgehead atoms. The largest absolute Gasteiger partial charge is 0.486 e. The Morgan fingerprint density at radius 2 is 1.87 bits per heavy atom. The number of aryl methyl sites for hydroxylation is 1. The van der Waals surface area contributed by atoms with Gasteiger partial charge in [-0.3, -0.25) is 4.79 Å². The molecule has 2 aromatic carbocycles. The molecule has 1 amide bonds. The van der Waals surface area contributed by atoms with Crippen LogP contribution in [0.4, 0.5) is 5.69 Å². The predicted octanol–water partition coefficient (Wildman–Crippen LogP) is 3.10. The average molecular weight is 405 g/mol. The molecule has 1 saturated carbocycles. The number of anilines is 1. The number of ether oxygens (including phenoxy) is 2. The molecule has 0 atom stereocenters. The molecule has 1 aliphatic heterocycles. The number of carbonyl (C=O) groups excluding carboxylic acids is 1. The van der Waals surface area contributed by atoms with E-state index < -0.39 is 5.41 Å². The van der Waals surface area contributed by atoms with Gasteiger partial charge in [-0.05, 0) is 53.1 Å². The monoisotopic (exact) mass is 405 g/mol. The molecule has 0 spiro atoms. The maximum Gasteiger partial charge on any atom is 0.235 e. The second-order valence-corrected chi connectivity index (χ2v) is 7.81. The molecule has 1 fully saturated rings. The van der Waals surface area contributed by atoms with Crippen molar-refractivity contribution in [2.75, 3.05) is 18.5 Å². The summed E-state index contributed by atoms with van der Waals surface area (Å²) in [6.07, 6.45) is 3.66. The van der Waals surface area contributed by atoms with Crippen LogP contribution in [-0.4, -0.2) is 39.3 Å². The van der Waals surface area contributed by atoms with Gasteiger partial charge in [-0.25, -0.2) is 4.68 Å². The summed E-state index contributed by atoms with van der Waals surface area (Å²) < 4.78 is 13.0. The predicted molar refractivity (Wildman–Crippen MR) is 110 cm³/mol. The smallest absolute Gasteiger partial charge is 0.235 e. The first-order valence-electron chi connectivity index (χ1n) is 10.2. The zero-order valence-corrected chi connectivity index (χ0v) is 16.8. The molecule has 2 heterocycles. The summed E-state index contributed by atoms with van der Waals surface area (Å²) in [5, 5.41) is 14.8. The van der Waals surface area contributed by atoms with E-state index in [9.17, 15) is 4.79 Å². The Morgan fingerprint density at radius 1 is 1.07 bits per heavy atom. The molecule has 8 heteroatoms. The van der Waals surface area contributed by atoms with Crippen LogP contribution >= 0.6 is 0 Å². The number of aromatic nitrogens is 4. The van der Waals surface area contributed by atoms with Gasteiger partial charge >= 0.3 is 0 Å². The SMILES string of the molecule is Cn1nnnc1-c1cccc(NC(=O)C2(c3ccc4c(c3)OCCO4)CCCC2)c1. The van der Waals surface area contributed by atoms with Gasteiger partial charge in [-0.15, -0.1) is 5.10 Å². The topological polar surface area (TPSA) is 91.2 Å².